The van der Waals surface area contributed by atoms with E-state index in [1.165, 1.54) is 0 Å². The van der Waals surface area contributed by atoms with Crippen LogP contribution < -0.4 is 0 Å². The molecule has 8 heteroatoms. The van der Waals surface area contributed by atoms with Crippen molar-refractivity contribution in [3.63, 3.8) is 0 Å². The third kappa shape index (κ3) is 7.92. The molecule has 148 valence electrons. The second-order valence-corrected chi connectivity index (χ2v) is 30.8. The zero-order chi connectivity index (χ0) is 20.4. The second kappa shape index (κ2) is 8.22. The molecule has 0 amide bonds. The summed E-state index contributed by atoms with van der Waals surface area (Å²) in [6, 6.07) is 0. The first kappa shape index (κ1) is 24.8. The summed E-state index contributed by atoms with van der Waals surface area (Å²) in [5.74, 6) is 0. The number of nitrogens with zero attached hydrogens (tertiary/aromatic N) is 4. The van der Waals surface area contributed by atoms with Crippen molar-refractivity contribution < 1.29 is 0 Å². The van der Waals surface area contributed by atoms with Gasteiger partial charge in [0.05, 0.1) is 11.4 Å². The Morgan fingerprint density at radius 2 is 0.880 bits per heavy atom. The largest absolute Gasteiger partial charge is 0.350 e. The average molecular weight is 417 g/mol. The van der Waals surface area contributed by atoms with Crippen LogP contribution in [-0.4, -0.2) is 53.0 Å². The monoisotopic (exact) mass is 416 g/mol. The molecule has 0 bridgehead atoms. The minimum atomic E-state index is -1.50. The van der Waals surface area contributed by atoms with E-state index in [0.717, 1.165) is 17.8 Å². The fourth-order valence-corrected chi connectivity index (χ4v) is 21.2. The zero-order valence-corrected chi connectivity index (χ0v) is 23.5. The van der Waals surface area contributed by atoms with E-state index in [2.05, 4.69) is 101 Å². The van der Waals surface area contributed by atoms with Crippen LogP contribution in [0.25, 0.3) is 0 Å². The van der Waals surface area contributed by atoms with Gasteiger partial charge in [-0.2, -0.15) is 10.2 Å². The van der Waals surface area contributed by atoms with E-state index in [4.69, 9.17) is 10.2 Å². The molecule has 0 aliphatic carbocycles. The minimum absolute atomic E-state index is 0.937. The number of hydrazone groups is 2. The standard InChI is InChI=1S/C17H44N4Si4/c1-15-17(19-21(24(9,10)11)25(12,13)14)16(2)18-20(22(3,4)5)23(6,7)8/h15H2,1-14H3. The fourth-order valence-electron chi connectivity index (χ4n) is 3.34. The molecule has 0 saturated carbocycles. The third-order valence-corrected chi connectivity index (χ3v) is 17.3. The van der Waals surface area contributed by atoms with Crippen molar-refractivity contribution in [3.8, 4) is 0 Å². The predicted molar refractivity (Wildman–Crippen MR) is 128 cm³/mol. The Kier molecular flexibility index (Phi) is 8.16. The van der Waals surface area contributed by atoms with Gasteiger partial charge in [-0.15, -0.1) is 0 Å². The van der Waals surface area contributed by atoms with Crippen molar-refractivity contribution in [1.82, 2.24) is 8.68 Å². The molecular formula is C17H44N4Si4. The quantitative estimate of drug-likeness (QED) is 0.273. The fraction of sp³-hybridized carbons (Fsp3) is 0.882. The first-order chi connectivity index (χ1) is 10.8. The summed E-state index contributed by atoms with van der Waals surface area (Å²) in [7, 11) is -6.01. The third-order valence-electron chi connectivity index (χ3n) is 3.76. The smallest absolute Gasteiger partial charge is 0.158 e. The van der Waals surface area contributed by atoms with E-state index in [1.807, 2.05) is 0 Å². The van der Waals surface area contributed by atoms with E-state index >= 15 is 0 Å². The number of hydrogen-bond acceptors (Lipinski definition) is 4. The van der Waals surface area contributed by atoms with E-state index in [1.54, 1.807) is 0 Å². The van der Waals surface area contributed by atoms with E-state index in [0.29, 0.717) is 0 Å². The summed E-state index contributed by atoms with van der Waals surface area (Å²) in [6.07, 6.45) is 0.937. The minimum Gasteiger partial charge on any atom is -0.350 e. The van der Waals surface area contributed by atoms with Gasteiger partial charge in [0, 0.05) is 0 Å². The van der Waals surface area contributed by atoms with Gasteiger partial charge in [0.25, 0.3) is 0 Å². The molecule has 0 unspecified atom stereocenters. The van der Waals surface area contributed by atoms with Crippen LogP contribution in [0.2, 0.25) is 78.6 Å². The van der Waals surface area contributed by atoms with Crippen molar-refractivity contribution in [1.29, 1.82) is 0 Å². The summed E-state index contributed by atoms with van der Waals surface area (Å²) < 4.78 is 5.00. The molecule has 0 fully saturated rings. The lowest BCUT2D eigenvalue weighted by molar-refractivity contribution is 0.657. The van der Waals surface area contributed by atoms with Gasteiger partial charge < -0.3 is 8.68 Å². The van der Waals surface area contributed by atoms with Crippen LogP contribution in [0, 0.1) is 0 Å². The van der Waals surface area contributed by atoms with Crippen LogP contribution >= 0.6 is 0 Å². The summed E-state index contributed by atoms with van der Waals surface area (Å²) in [5.41, 5.74) is 2.26. The molecule has 0 heterocycles. The first-order valence-electron chi connectivity index (χ1n) is 9.55. The highest BCUT2D eigenvalue weighted by atomic mass is 28.4. The summed E-state index contributed by atoms with van der Waals surface area (Å²) >= 11 is 0. The summed E-state index contributed by atoms with van der Waals surface area (Å²) in [6.45, 7) is 33.1. The van der Waals surface area contributed by atoms with E-state index in [9.17, 15) is 0 Å². The van der Waals surface area contributed by atoms with Crippen molar-refractivity contribution in [2.24, 2.45) is 10.2 Å². The molecule has 4 nitrogen and oxygen atoms in total. The van der Waals surface area contributed by atoms with Crippen LogP contribution in [0.4, 0.5) is 0 Å². The Labute approximate surface area is 162 Å². The van der Waals surface area contributed by atoms with Crippen molar-refractivity contribution >= 4 is 44.4 Å². The maximum Gasteiger partial charge on any atom is 0.158 e. The topological polar surface area (TPSA) is 31.2 Å². The Morgan fingerprint density at radius 3 is 1.12 bits per heavy atom. The van der Waals surface area contributed by atoms with E-state index in [-0.39, 0.29) is 0 Å². The summed E-state index contributed by atoms with van der Waals surface area (Å²) in [5, 5.41) is 10.4. The predicted octanol–water partition coefficient (Wildman–Crippen LogP) is 6.07. The Morgan fingerprint density at radius 1 is 0.600 bits per heavy atom. The zero-order valence-electron chi connectivity index (χ0n) is 19.5. The van der Waals surface area contributed by atoms with E-state index < -0.39 is 32.9 Å². The average Bonchev–Trinajstić information content (AvgIpc) is 2.30. The Bertz CT molecular complexity index is 475. The van der Waals surface area contributed by atoms with Crippen LogP contribution in [0.3, 0.4) is 0 Å². The molecule has 0 aliphatic rings. The molecule has 0 aromatic heterocycles. The number of hydrogen-bond donors (Lipinski definition) is 0. The molecule has 0 aromatic rings. The molecule has 0 N–H and O–H groups in total. The van der Waals surface area contributed by atoms with Crippen LogP contribution in [0.15, 0.2) is 10.2 Å². The molecule has 0 rings (SSSR count). The molecule has 0 atom stereocenters. The second-order valence-electron chi connectivity index (χ2n) is 10.9. The highest BCUT2D eigenvalue weighted by Gasteiger charge is 2.36. The lowest BCUT2D eigenvalue weighted by Gasteiger charge is -2.43. The Hall–Kier alpha value is -0.192. The van der Waals surface area contributed by atoms with Gasteiger partial charge >= 0.3 is 0 Å². The molecule has 0 aromatic carbocycles. The van der Waals surface area contributed by atoms with Gasteiger partial charge in [-0.1, -0.05) is 85.5 Å². The maximum absolute atomic E-state index is 5.20. The number of rotatable bonds is 8. The lowest BCUT2D eigenvalue weighted by Crippen LogP contribution is -2.57. The maximum atomic E-state index is 5.20. The normalized spacial score (nSPS) is 15.4. The Balaban J connectivity index is 6.09. The first-order valence-corrected chi connectivity index (χ1v) is 23.3. The summed E-state index contributed by atoms with van der Waals surface area (Å²) in [4.78, 5) is 0. The molecule has 0 aliphatic heterocycles. The van der Waals surface area contributed by atoms with Gasteiger partial charge in [-0.05, 0) is 13.3 Å². The van der Waals surface area contributed by atoms with Crippen molar-refractivity contribution in [2.75, 3.05) is 0 Å². The van der Waals surface area contributed by atoms with Gasteiger partial charge in [0.1, 0.15) is 0 Å². The van der Waals surface area contributed by atoms with Gasteiger partial charge in [0.2, 0.25) is 0 Å². The van der Waals surface area contributed by atoms with Gasteiger partial charge in [-0.3, -0.25) is 0 Å². The highest BCUT2D eigenvalue weighted by molar-refractivity contribution is 6.90. The molecule has 0 spiro atoms. The van der Waals surface area contributed by atoms with Crippen LogP contribution in [-0.2, 0) is 0 Å². The molecular weight excluding hydrogens is 373 g/mol. The van der Waals surface area contributed by atoms with Crippen molar-refractivity contribution in [2.45, 2.75) is 98.8 Å². The van der Waals surface area contributed by atoms with Crippen LogP contribution in [0.1, 0.15) is 20.3 Å². The molecule has 0 saturated heterocycles. The van der Waals surface area contributed by atoms with Gasteiger partial charge in [0.15, 0.2) is 32.9 Å². The van der Waals surface area contributed by atoms with Gasteiger partial charge in [-0.25, -0.2) is 0 Å². The van der Waals surface area contributed by atoms with Crippen molar-refractivity contribution in [3.05, 3.63) is 0 Å². The lowest BCUT2D eigenvalue weighted by atomic mass is 10.2. The highest BCUT2D eigenvalue weighted by Crippen LogP contribution is 2.22. The molecule has 25 heavy (non-hydrogen) atoms. The van der Waals surface area contributed by atoms with Crippen LogP contribution in [0.5, 0.6) is 0 Å². The SMILES string of the molecule is CCC(=NN([Si](C)(C)C)[Si](C)(C)C)C(C)=NN([Si](C)(C)C)[Si](C)(C)C. The molecule has 0 radical (unpaired) electrons.